The molecule has 0 fully saturated rings. The minimum atomic E-state index is -0.914. The minimum absolute atomic E-state index is 0.376. The summed E-state index contributed by atoms with van der Waals surface area (Å²) >= 11 is 3.38. The zero-order valence-corrected chi connectivity index (χ0v) is 13.1. The normalized spacial score (nSPS) is 12.4. The number of hydrogen-bond acceptors (Lipinski definition) is 1. The molecule has 0 heterocycles. The quantitative estimate of drug-likeness (QED) is 0.797. The van der Waals surface area contributed by atoms with Crippen molar-refractivity contribution in [2.24, 2.45) is 0 Å². The van der Waals surface area contributed by atoms with E-state index in [0.29, 0.717) is 22.1 Å². The number of hydrogen-bond donors (Lipinski definition) is 1. The van der Waals surface area contributed by atoms with Crippen LogP contribution in [0.1, 0.15) is 30.5 Å². The average molecular weight is 358 g/mol. The van der Waals surface area contributed by atoms with Crippen LogP contribution < -0.4 is 5.32 Å². The zero-order chi connectivity index (χ0) is 15.4. The Morgan fingerprint density at radius 2 is 1.81 bits per heavy atom. The number of rotatable bonds is 5. The van der Waals surface area contributed by atoms with Crippen LogP contribution >= 0.6 is 15.9 Å². The Bertz CT molecular complexity index is 631. The maximum Gasteiger partial charge on any atom is 0.159 e. The maximum absolute atomic E-state index is 13.5. The van der Waals surface area contributed by atoms with Gasteiger partial charge in [-0.3, -0.25) is 0 Å². The van der Waals surface area contributed by atoms with Gasteiger partial charge < -0.3 is 5.32 Å². The zero-order valence-electron chi connectivity index (χ0n) is 11.5. The van der Waals surface area contributed by atoms with Gasteiger partial charge in [0.05, 0.1) is 6.04 Å². The van der Waals surface area contributed by atoms with Gasteiger partial charge in [0.25, 0.3) is 0 Å². The summed E-state index contributed by atoms with van der Waals surface area (Å²) in [5, 5.41) is 3.23. The Balaban J connectivity index is 2.46. The first-order chi connectivity index (χ1) is 10.0. The largest absolute Gasteiger partial charge is 0.306 e. The molecule has 0 spiro atoms. The highest BCUT2D eigenvalue weighted by atomic mass is 79.9. The lowest BCUT2D eigenvalue weighted by Gasteiger charge is -2.21. The van der Waals surface area contributed by atoms with E-state index in [1.165, 1.54) is 18.2 Å². The molecule has 1 N–H and O–H groups in total. The fourth-order valence-corrected chi connectivity index (χ4v) is 2.60. The molecule has 0 saturated carbocycles. The van der Waals surface area contributed by atoms with Crippen molar-refractivity contribution in [1.82, 2.24) is 5.32 Å². The molecule has 2 aromatic rings. The highest BCUT2D eigenvalue weighted by molar-refractivity contribution is 9.10. The van der Waals surface area contributed by atoms with Crippen LogP contribution in [0.15, 0.2) is 40.9 Å². The SMILES string of the molecule is CCCNC(c1ccc(F)c(F)c1)c1cc(F)ccc1Br. The van der Waals surface area contributed by atoms with Gasteiger partial charge in [0.2, 0.25) is 0 Å². The average Bonchev–Trinajstić information content (AvgIpc) is 2.46. The maximum atomic E-state index is 13.5. The lowest BCUT2D eigenvalue weighted by atomic mass is 9.98. The first-order valence-electron chi connectivity index (χ1n) is 6.66. The summed E-state index contributed by atoms with van der Waals surface area (Å²) in [7, 11) is 0. The molecule has 0 bridgehead atoms. The molecule has 1 nitrogen and oxygen atoms in total. The monoisotopic (exact) mass is 357 g/mol. The molecule has 0 radical (unpaired) electrons. The molecule has 21 heavy (non-hydrogen) atoms. The standard InChI is InChI=1S/C16H15BrF3N/c1-2-7-21-16(10-3-6-14(19)15(20)8-10)12-9-11(18)4-5-13(12)17/h3-6,8-9,16,21H,2,7H2,1H3. The molecular formula is C16H15BrF3N. The van der Waals surface area contributed by atoms with E-state index in [-0.39, 0.29) is 5.82 Å². The van der Waals surface area contributed by atoms with Crippen molar-refractivity contribution < 1.29 is 13.2 Å². The smallest absolute Gasteiger partial charge is 0.159 e. The highest BCUT2D eigenvalue weighted by Gasteiger charge is 2.18. The van der Waals surface area contributed by atoms with Gasteiger partial charge in [0.15, 0.2) is 11.6 Å². The summed E-state index contributed by atoms with van der Waals surface area (Å²) in [5.41, 5.74) is 1.20. The summed E-state index contributed by atoms with van der Waals surface area (Å²) < 4.78 is 40.8. The summed E-state index contributed by atoms with van der Waals surface area (Å²) in [6.45, 7) is 2.67. The molecule has 0 saturated heterocycles. The van der Waals surface area contributed by atoms with Crippen LogP contribution in [0.5, 0.6) is 0 Å². The van der Waals surface area contributed by atoms with Gasteiger partial charge in [-0.25, -0.2) is 13.2 Å². The van der Waals surface area contributed by atoms with Crippen LogP contribution in [0.4, 0.5) is 13.2 Å². The molecule has 0 aliphatic carbocycles. The Kier molecular flexibility index (Phi) is 5.42. The van der Waals surface area contributed by atoms with Gasteiger partial charge in [0.1, 0.15) is 5.82 Å². The van der Waals surface area contributed by atoms with Crippen LogP contribution in [-0.4, -0.2) is 6.54 Å². The van der Waals surface area contributed by atoms with Crippen LogP contribution in [-0.2, 0) is 0 Å². The van der Waals surface area contributed by atoms with E-state index in [1.54, 1.807) is 6.07 Å². The molecule has 0 aliphatic rings. The molecule has 0 aliphatic heterocycles. The number of halogens is 4. The summed E-state index contributed by atoms with van der Waals surface area (Å²) in [6, 6.07) is 7.64. The van der Waals surface area contributed by atoms with Crippen molar-refractivity contribution >= 4 is 15.9 Å². The van der Waals surface area contributed by atoms with Crippen molar-refractivity contribution in [2.75, 3.05) is 6.54 Å². The number of nitrogens with one attached hydrogen (secondary N) is 1. The van der Waals surface area contributed by atoms with Crippen molar-refractivity contribution in [3.8, 4) is 0 Å². The van der Waals surface area contributed by atoms with Crippen molar-refractivity contribution in [3.05, 3.63) is 69.4 Å². The lowest BCUT2D eigenvalue weighted by Crippen LogP contribution is -2.24. The van der Waals surface area contributed by atoms with Crippen LogP contribution in [0.3, 0.4) is 0 Å². The molecule has 112 valence electrons. The Morgan fingerprint density at radius 3 is 2.48 bits per heavy atom. The molecule has 5 heteroatoms. The third-order valence-corrected chi connectivity index (χ3v) is 3.87. The fraction of sp³-hybridized carbons (Fsp3) is 0.250. The number of benzene rings is 2. The van der Waals surface area contributed by atoms with Gasteiger partial charge >= 0.3 is 0 Å². The van der Waals surface area contributed by atoms with Crippen molar-refractivity contribution in [1.29, 1.82) is 0 Å². The van der Waals surface area contributed by atoms with Crippen LogP contribution in [0.2, 0.25) is 0 Å². The van der Waals surface area contributed by atoms with Gasteiger partial charge in [-0.05, 0) is 54.4 Å². The second-order valence-corrected chi connectivity index (χ2v) is 5.58. The van der Waals surface area contributed by atoms with Gasteiger partial charge in [-0.1, -0.05) is 28.9 Å². The van der Waals surface area contributed by atoms with E-state index in [1.807, 2.05) is 6.92 Å². The first kappa shape index (κ1) is 16.0. The topological polar surface area (TPSA) is 12.0 Å². The summed E-state index contributed by atoms with van der Waals surface area (Å²) in [6.07, 6.45) is 0.868. The minimum Gasteiger partial charge on any atom is -0.306 e. The Labute approximate surface area is 130 Å². The van der Waals surface area contributed by atoms with Gasteiger partial charge in [0, 0.05) is 4.47 Å². The first-order valence-corrected chi connectivity index (χ1v) is 7.45. The molecule has 0 amide bonds. The van der Waals surface area contributed by atoms with E-state index < -0.39 is 17.7 Å². The summed E-state index contributed by atoms with van der Waals surface area (Å²) in [4.78, 5) is 0. The van der Waals surface area contributed by atoms with E-state index in [9.17, 15) is 13.2 Å². The predicted molar refractivity (Wildman–Crippen MR) is 80.6 cm³/mol. The highest BCUT2D eigenvalue weighted by Crippen LogP contribution is 2.30. The van der Waals surface area contributed by atoms with Crippen molar-refractivity contribution in [3.63, 3.8) is 0 Å². The Hall–Kier alpha value is -1.33. The molecule has 1 atom stereocenters. The van der Waals surface area contributed by atoms with Gasteiger partial charge in [-0.2, -0.15) is 0 Å². The van der Waals surface area contributed by atoms with E-state index in [2.05, 4.69) is 21.2 Å². The predicted octanol–water partition coefficient (Wildman–Crippen LogP) is 4.96. The van der Waals surface area contributed by atoms with Crippen LogP contribution in [0.25, 0.3) is 0 Å². The molecule has 2 rings (SSSR count). The fourth-order valence-electron chi connectivity index (χ4n) is 2.12. The molecular weight excluding hydrogens is 343 g/mol. The van der Waals surface area contributed by atoms with E-state index >= 15 is 0 Å². The van der Waals surface area contributed by atoms with Crippen molar-refractivity contribution in [2.45, 2.75) is 19.4 Å². The molecule has 0 aromatic heterocycles. The lowest BCUT2D eigenvalue weighted by molar-refractivity contribution is 0.502. The summed E-state index contributed by atoms with van der Waals surface area (Å²) in [5.74, 6) is -2.19. The van der Waals surface area contributed by atoms with E-state index in [4.69, 9.17) is 0 Å². The molecule has 1 unspecified atom stereocenters. The second-order valence-electron chi connectivity index (χ2n) is 4.73. The van der Waals surface area contributed by atoms with Gasteiger partial charge in [-0.15, -0.1) is 0 Å². The third-order valence-electron chi connectivity index (χ3n) is 3.14. The molecule has 2 aromatic carbocycles. The third kappa shape index (κ3) is 3.86. The van der Waals surface area contributed by atoms with Crippen LogP contribution in [0, 0.1) is 17.5 Å². The Morgan fingerprint density at radius 1 is 1.05 bits per heavy atom. The second kappa shape index (κ2) is 7.09. The van der Waals surface area contributed by atoms with E-state index in [0.717, 1.165) is 18.6 Å².